The van der Waals surface area contributed by atoms with Gasteiger partial charge in [0, 0.05) is 24.0 Å². The topological polar surface area (TPSA) is 58.6 Å². The number of hydrogen-bond donors (Lipinski definition) is 1. The molecule has 0 bridgehead atoms. The van der Waals surface area contributed by atoms with E-state index in [2.05, 4.69) is 28.2 Å². The van der Waals surface area contributed by atoms with Gasteiger partial charge in [-0.3, -0.25) is 9.59 Å². The van der Waals surface area contributed by atoms with Gasteiger partial charge in [0.25, 0.3) is 5.91 Å². The number of nitrogens with zero attached hydrogens (tertiary/aromatic N) is 1. The molecule has 0 saturated carbocycles. The highest BCUT2D eigenvalue weighted by Gasteiger charge is 2.30. The number of nitrogens with one attached hydrogen (secondary N) is 1. The predicted molar refractivity (Wildman–Crippen MR) is 149 cm³/mol. The molecule has 0 fully saturated rings. The van der Waals surface area contributed by atoms with Gasteiger partial charge in [0.2, 0.25) is 5.91 Å². The molecule has 0 aliphatic heterocycles. The molecule has 5 nitrogen and oxygen atoms in total. The third-order valence-electron chi connectivity index (χ3n) is 5.61. The fourth-order valence-electron chi connectivity index (χ4n) is 3.65. The zero-order valence-electron chi connectivity index (χ0n) is 20.1. The Balaban J connectivity index is 1.89. The van der Waals surface area contributed by atoms with Gasteiger partial charge in [-0.2, -0.15) is 0 Å². The molecule has 2 amide bonds. The standard InChI is InChI=1S/C28H29BrCl2N2O3/c1-2-3-15-32-28(35)26(17-20-7-5-4-6-8-20)33(18-21-9-14-24(30)25(31)16-21)27(34)19-36-23-12-10-22(29)11-13-23/h4-14,16,26H,2-3,15,17-19H2,1H3,(H,32,35)/t26-/m0/s1. The van der Waals surface area contributed by atoms with E-state index < -0.39 is 6.04 Å². The van der Waals surface area contributed by atoms with Crippen molar-refractivity contribution in [2.75, 3.05) is 13.2 Å². The molecule has 0 unspecified atom stereocenters. The Bertz CT molecular complexity index is 1140. The molecule has 0 radical (unpaired) electrons. The third kappa shape index (κ3) is 8.54. The molecule has 1 atom stereocenters. The number of benzene rings is 3. The van der Waals surface area contributed by atoms with Crippen molar-refractivity contribution in [2.24, 2.45) is 0 Å². The van der Waals surface area contributed by atoms with Gasteiger partial charge in [0.15, 0.2) is 6.61 Å². The lowest BCUT2D eigenvalue weighted by atomic mass is 10.0. The van der Waals surface area contributed by atoms with Crippen molar-refractivity contribution in [3.05, 3.63) is 98.4 Å². The molecule has 0 aliphatic carbocycles. The van der Waals surface area contributed by atoms with E-state index in [4.69, 9.17) is 27.9 Å². The molecular weight excluding hydrogens is 563 g/mol. The van der Waals surface area contributed by atoms with Gasteiger partial charge >= 0.3 is 0 Å². The minimum Gasteiger partial charge on any atom is -0.484 e. The van der Waals surface area contributed by atoms with Crippen LogP contribution in [-0.2, 0) is 22.6 Å². The Labute approximate surface area is 230 Å². The van der Waals surface area contributed by atoms with Crippen LogP contribution in [0.2, 0.25) is 10.0 Å². The van der Waals surface area contributed by atoms with Gasteiger partial charge < -0.3 is 15.0 Å². The van der Waals surface area contributed by atoms with Crippen LogP contribution in [0.3, 0.4) is 0 Å². The molecule has 0 heterocycles. The second kappa shape index (κ2) is 14.3. The second-order valence-corrected chi connectivity index (χ2v) is 10.1. The summed E-state index contributed by atoms with van der Waals surface area (Å²) in [5.41, 5.74) is 1.72. The summed E-state index contributed by atoms with van der Waals surface area (Å²) >= 11 is 15.7. The fourth-order valence-corrected chi connectivity index (χ4v) is 4.24. The van der Waals surface area contributed by atoms with Crippen molar-refractivity contribution in [3.63, 3.8) is 0 Å². The minimum atomic E-state index is -0.736. The van der Waals surface area contributed by atoms with E-state index in [1.165, 1.54) is 0 Å². The van der Waals surface area contributed by atoms with Crippen LogP contribution in [-0.4, -0.2) is 35.9 Å². The van der Waals surface area contributed by atoms with Gasteiger partial charge in [-0.25, -0.2) is 0 Å². The van der Waals surface area contributed by atoms with Crippen LogP contribution in [0.1, 0.15) is 30.9 Å². The normalized spacial score (nSPS) is 11.6. The lowest BCUT2D eigenvalue weighted by Crippen LogP contribution is -2.51. The van der Waals surface area contributed by atoms with Gasteiger partial charge in [-0.1, -0.05) is 88.9 Å². The average molecular weight is 592 g/mol. The van der Waals surface area contributed by atoms with E-state index in [1.807, 2.05) is 42.5 Å². The highest BCUT2D eigenvalue weighted by atomic mass is 79.9. The Hall–Kier alpha value is -2.54. The first-order valence-electron chi connectivity index (χ1n) is 11.8. The summed E-state index contributed by atoms with van der Waals surface area (Å²) in [6, 6.07) is 21.4. The number of hydrogen-bond acceptors (Lipinski definition) is 3. The van der Waals surface area contributed by atoms with Crippen LogP contribution < -0.4 is 10.1 Å². The molecule has 8 heteroatoms. The lowest BCUT2D eigenvalue weighted by Gasteiger charge is -2.31. The Morgan fingerprint density at radius 1 is 0.972 bits per heavy atom. The largest absolute Gasteiger partial charge is 0.484 e. The molecule has 3 aromatic rings. The van der Waals surface area contributed by atoms with E-state index >= 15 is 0 Å². The Morgan fingerprint density at radius 3 is 2.36 bits per heavy atom. The number of halogens is 3. The second-order valence-electron chi connectivity index (χ2n) is 8.36. The van der Waals surface area contributed by atoms with E-state index in [9.17, 15) is 9.59 Å². The van der Waals surface area contributed by atoms with E-state index in [1.54, 1.807) is 35.2 Å². The number of carbonyl (C=O) groups is 2. The van der Waals surface area contributed by atoms with Crippen LogP contribution >= 0.6 is 39.1 Å². The maximum Gasteiger partial charge on any atom is 0.261 e. The number of ether oxygens (including phenoxy) is 1. The number of rotatable bonds is 12. The monoisotopic (exact) mass is 590 g/mol. The molecule has 36 heavy (non-hydrogen) atoms. The molecule has 0 saturated heterocycles. The quantitative estimate of drug-likeness (QED) is 0.239. The van der Waals surface area contributed by atoms with Crippen LogP contribution in [0.25, 0.3) is 0 Å². The molecular formula is C28H29BrCl2N2O3. The van der Waals surface area contributed by atoms with Crippen molar-refractivity contribution in [1.29, 1.82) is 0 Å². The maximum absolute atomic E-state index is 13.6. The summed E-state index contributed by atoms with van der Waals surface area (Å²) < 4.78 is 6.68. The van der Waals surface area contributed by atoms with Crippen molar-refractivity contribution in [3.8, 4) is 5.75 Å². The van der Waals surface area contributed by atoms with Gasteiger partial charge in [0.05, 0.1) is 10.0 Å². The molecule has 0 aliphatic rings. The first-order valence-corrected chi connectivity index (χ1v) is 13.4. The number of amides is 2. The van der Waals surface area contributed by atoms with E-state index in [0.29, 0.717) is 28.8 Å². The zero-order chi connectivity index (χ0) is 25.9. The SMILES string of the molecule is CCCCNC(=O)[C@H](Cc1ccccc1)N(Cc1ccc(Cl)c(Cl)c1)C(=O)COc1ccc(Br)cc1. The molecule has 3 aromatic carbocycles. The first kappa shape index (κ1) is 28.0. The highest BCUT2D eigenvalue weighted by molar-refractivity contribution is 9.10. The molecule has 3 rings (SSSR count). The van der Waals surface area contributed by atoms with Crippen molar-refractivity contribution >= 4 is 50.9 Å². The minimum absolute atomic E-state index is 0.179. The third-order valence-corrected chi connectivity index (χ3v) is 6.88. The molecule has 190 valence electrons. The fraction of sp³-hybridized carbons (Fsp3) is 0.286. The zero-order valence-corrected chi connectivity index (χ0v) is 23.2. The maximum atomic E-state index is 13.6. The van der Waals surface area contributed by atoms with Crippen LogP contribution in [0.15, 0.2) is 77.3 Å². The van der Waals surface area contributed by atoms with Crippen molar-refractivity contribution in [1.82, 2.24) is 10.2 Å². The summed E-state index contributed by atoms with van der Waals surface area (Å²) in [4.78, 5) is 28.5. The van der Waals surface area contributed by atoms with E-state index in [0.717, 1.165) is 28.4 Å². The van der Waals surface area contributed by atoms with E-state index in [-0.39, 0.29) is 25.0 Å². The number of unbranched alkanes of at least 4 members (excludes halogenated alkanes) is 1. The highest BCUT2D eigenvalue weighted by Crippen LogP contribution is 2.24. The molecule has 1 N–H and O–H groups in total. The first-order chi connectivity index (χ1) is 17.4. The van der Waals surface area contributed by atoms with Crippen molar-refractivity contribution in [2.45, 2.75) is 38.8 Å². The van der Waals surface area contributed by atoms with Gasteiger partial charge in [-0.05, 0) is 53.9 Å². The smallest absolute Gasteiger partial charge is 0.261 e. The van der Waals surface area contributed by atoms with Crippen LogP contribution in [0.4, 0.5) is 0 Å². The Morgan fingerprint density at radius 2 is 1.69 bits per heavy atom. The Kier molecular flexibility index (Phi) is 11.1. The molecule has 0 aromatic heterocycles. The summed E-state index contributed by atoms with van der Waals surface area (Å²) in [5.74, 6) is 0.0490. The van der Waals surface area contributed by atoms with Crippen molar-refractivity contribution < 1.29 is 14.3 Å². The summed E-state index contributed by atoms with van der Waals surface area (Å²) in [6.45, 7) is 2.58. The van der Waals surface area contributed by atoms with Gasteiger partial charge in [0.1, 0.15) is 11.8 Å². The average Bonchev–Trinajstić information content (AvgIpc) is 2.88. The lowest BCUT2D eigenvalue weighted by molar-refractivity contribution is -0.142. The van der Waals surface area contributed by atoms with Gasteiger partial charge in [-0.15, -0.1) is 0 Å². The summed E-state index contributed by atoms with van der Waals surface area (Å²) in [5, 5.41) is 3.81. The van der Waals surface area contributed by atoms with Crippen LogP contribution in [0.5, 0.6) is 5.75 Å². The summed E-state index contributed by atoms with van der Waals surface area (Å²) in [7, 11) is 0. The summed E-state index contributed by atoms with van der Waals surface area (Å²) in [6.07, 6.45) is 2.18. The number of carbonyl (C=O) groups excluding carboxylic acids is 2. The molecule has 0 spiro atoms. The van der Waals surface area contributed by atoms with Crippen LogP contribution in [0, 0.1) is 0 Å². The predicted octanol–water partition coefficient (Wildman–Crippen LogP) is 6.69.